The van der Waals surface area contributed by atoms with Crippen LogP contribution in [0.1, 0.15) is 43.7 Å². The van der Waals surface area contributed by atoms with E-state index in [4.69, 9.17) is 9.72 Å². The fraction of sp³-hybridized carbons (Fsp3) is 0.455. The summed E-state index contributed by atoms with van der Waals surface area (Å²) >= 11 is 0. The number of likely N-dealkylation sites (tertiary alicyclic amines) is 1. The Hall–Kier alpha value is -2.56. The standard InChI is InChI=1S/C22H27N3O2/c1-27-19-10-5-9-18(15-19)21-22(17-7-3-2-4-8-17)25(16-23-21)14-13-24-12-6-11-20(24)26/h2-3,5,9-10,15-17H,4,6-8,11-14H2,1H3. The zero-order valence-electron chi connectivity index (χ0n) is 15.9. The summed E-state index contributed by atoms with van der Waals surface area (Å²) in [5.74, 6) is 1.59. The highest BCUT2D eigenvalue weighted by Crippen LogP contribution is 2.36. The topological polar surface area (TPSA) is 47.4 Å². The number of carbonyl (C=O) groups excluding carboxylic acids is 1. The van der Waals surface area contributed by atoms with Crippen LogP contribution in [0.25, 0.3) is 11.3 Å². The summed E-state index contributed by atoms with van der Waals surface area (Å²) < 4.78 is 7.67. The quantitative estimate of drug-likeness (QED) is 0.727. The monoisotopic (exact) mass is 365 g/mol. The van der Waals surface area contributed by atoms with Gasteiger partial charge in [-0.15, -0.1) is 0 Å². The average molecular weight is 365 g/mol. The molecule has 2 heterocycles. The van der Waals surface area contributed by atoms with E-state index in [1.807, 2.05) is 23.4 Å². The molecule has 1 aromatic heterocycles. The fourth-order valence-corrected chi connectivity index (χ4v) is 4.20. The average Bonchev–Trinajstić information content (AvgIpc) is 3.33. The number of ether oxygens (including phenoxy) is 1. The smallest absolute Gasteiger partial charge is 0.222 e. The molecule has 1 saturated heterocycles. The Morgan fingerprint density at radius 1 is 1.26 bits per heavy atom. The Labute approximate surface area is 160 Å². The highest BCUT2D eigenvalue weighted by molar-refractivity contribution is 5.78. The van der Waals surface area contributed by atoms with Crippen molar-refractivity contribution in [2.45, 2.75) is 44.6 Å². The summed E-state index contributed by atoms with van der Waals surface area (Å²) in [6, 6.07) is 8.13. The number of nitrogens with zero attached hydrogens (tertiary/aromatic N) is 3. The number of rotatable bonds is 6. The van der Waals surface area contributed by atoms with E-state index in [-0.39, 0.29) is 5.91 Å². The number of hydrogen-bond acceptors (Lipinski definition) is 3. The lowest BCUT2D eigenvalue weighted by molar-refractivity contribution is -0.127. The van der Waals surface area contributed by atoms with E-state index in [9.17, 15) is 4.79 Å². The first-order valence-corrected chi connectivity index (χ1v) is 9.88. The van der Waals surface area contributed by atoms with Crippen molar-refractivity contribution in [2.75, 3.05) is 20.2 Å². The molecule has 1 unspecified atom stereocenters. The summed E-state index contributed by atoms with van der Waals surface area (Å²) in [6.45, 7) is 2.46. The van der Waals surface area contributed by atoms with Gasteiger partial charge in [0.2, 0.25) is 5.91 Å². The number of amides is 1. The van der Waals surface area contributed by atoms with E-state index in [2.05, 4.69) is 28.9 Å². The lowest BCUT2D eigenvalue weighted by atomic mass is 9.89. The maximum absolute atomic E-state index is 12.0. The molecular weight excluding hydrogens is 338 g/mol. The van der Waals surface area contributed by atoms with Gasteiger partial charge in [-0.3, -0.25) is 4.79 Å². The Kier molecular flexibility index (Phi) is 5.28. The number of carbonyl (C=O) groups is 1. The van der Waals surface area contributed by atoms with Crippen LogP contribution in [0.4, 0.5) is 0 Å². The maximum atomic E-state index is 12.0. The minimum Gasteiger partial charge on any atom is -0.497 e. The van der Waals surface area contributed by atoms with Crippen LogP contribution in [0.15, 0.2) is 42.7 Å². The van der Waals surface area contributed by atoms with Crippen LogP contribution in [-0.4, -0.2) is 40.6 Å². The first-order valence-electron chi connectivity index (χ1n) is 9.88. The van der Waals surface area contributed by atoms with Crippen molar-refractivity contribution in [3.05, 3.63) is 48.4 Å². The molecule has 0 bridgehead atoms. The number of imidazole rings is 1. The first-order chi connectivity index (χ1) is 13.3. The highest BCUT2D eigenvalue weighted by atomic mass is 16.5. The summed E-state index contributed by atoms with van der Waals surface area (Å²) in [7, 11) is 1.69. The van der Waals surface area contributed by atoms with Crippen molar-refractivity contribution in [3.8, 4) is 17.0 Å². The van der Waals surface area contributed by atoms with Gasteiger partial charge in [0.05, 0.1) is 19.1 Å². The predicted molar refractivity (Wildman–Crippen MR) is 106 cm³/mol. The van der Waals surface area contributed by atoms with Crippen LogP contribution in [0.3, 0.4) is 0 Å². The normalized spacial score (nSPS) is 19.7. The minimum atomic E-state index is 0.283. The van der Waals surface area contributed by atoms with Crippen molar-refractivity contribution in [2.24, 2.45) is 0 Å². The third kappa shape index (κ3) is 3.77. The van der Waals surface area contributed by atoms with Gasteiger partial charge in [-0.25, -0.2) is 4.98 Å². The molecule has 142 valence electrons. The van der Waals surface area contributed by atoms with Crippen LogP contribution in [0.2, 0.25) is 0 Å². The molecular formula is C22H27N3O2. The number of methoxy groups -OCH3 is 1. The molecule has 1 fully saturated rings. The Morgan fingerprint density at radius 2 is 2.19 bits per heavy atom. The van der Waals surface area contributed by atoms with E-state index in [1.54, 1.807) is 7.11 Å². The van der Waals surface area contributed by atoms with Gasteiger partial charge in [0, 0.05) is 43.2 Å². The molecule has 5 nitrogen and oxygen atoms in total. The molecule has 1 aliphatic carbocycles. The molecule has 1 amide bonds. The molecule has 1 atom stereocenters. The number of aromatic nitrogens is 2. The number of benzene rings is 1. The van der Waals surface area contributed by atoms with Crippen LogP contribution >= 0.6 is 0 Å². The molecule has 0 radical (unpaired) electrons. The maximum Gasteiger partial charge on any atom is 0.222 e. The third-order valence-corrected chi connectivity index (χ3v) is 5.66. The van der Waals surface area contributed by atoms with Crippen molar-refractivity contribution in [1.82, 2.24) is 14.5 Å². The zero-order chi connectivity index (χ0) is 18.6. The Bertz CT molecular complexity index is 840. The Balaban J connectivity index is 1.65. The van der Waals surface area contributed by atoms with Crippen LogP contribution < -0.4 is 4.74 Å². The van der Waals surface area contributed by atoms with Gasteiger partial charge >= 0.3 is 0 Å². The first kappa shape index (κ1) is 17.8. The Morgan fingerprint density at radius 3 is 2.93 bits per heavy atom. The van der Waals surface area contributed by atoms with Gasteiger partial charge in [-0.2, -0.15) is 0 Å². The molecule has 4 rings (SSSR count). The number of hydrogen-bond donors (Lipinski definition) is 0. The third-order valence-electron chi connectivity index (χ3n) is 5.66. The molecule has 0 spiro atoms. The van der Waals surface area contributed by atoms with Crippen LogP contribution in [-0.2, 0) is 11.3 Å². The molecule has 1 aromatic carbocycles. The number of allylic oxidation sites excluding steroid dienone is 2. The van der Waals surface area contributed by atoms with Gasteiger partial charge < -0.3 is 14.2 Å². The van der Waals surface area contributed by atoms with Crippen LogP contribution in [0.5, 0.6) is 5.75 Å². The predicted octanol–water partition coefficient (Wildman–Crippen LogP) is 4.00. The van der Waals surface area contributed by atoms with Gasteiger partial charge in [-0.1, -0.05) is 24.3 Å². The molecule has 2 aromatic rings. The second kappa shape index (κ2) is 7.99. The van der Waals surface area contributed by atoms with Gasteiger partial charge in [-0.05, 0) is 37.8 Å². The van der Waals surface area contributed by atoms with E-state index in [1.165, 1.54) is 5.69 Å². The minimum absolute atomic E-state index is 0.283. The molecule has 5 heteroatoms. The summed E-state index contributed by atoms with van der Waals surface area (Å²) in [4.78, 5) is 18.7. The molecule has 2 aliphatic rings. The largest absolute Gasteiger partial charge is 0.497 e. The van der Waals surface area contributed by atoms with E-state index >= 15 is 0 Å². The lowest BCUT2D eigenvalue weighted by Gasteiger charge is -2.23. The van der Waals surface area contributed by atoms with Gasteiger partial charge in [0.15, 0.2) is 0 Å². The molecule has 1 aliphatic heterocycles. The molecule has 0 saturated carbocycles. The second-order valence-corrected chi connectivity index (χ2v) is 7.37. The van der Waals surface area contributed by atoms with Gasteiger partial charge in [0.25, 0.3) is 0 Å². The fourth-order valence-electron chi connectivity index (χ4n) is 4.20. The molecule has 0 N–H and O–H groups in total. The van der Waals surface area contributed by atoms with Crippen molar-refractivity contribution in [3.63, 3.8) is 0 Å². The molecule has 27 heavy (non-hydrogen) atoms. The van der Waals surface area contributed by atoms with E-state index in [0.717, 1.165) is 62.3 Å². The summed E-state index contributed by atoms with van der Waals surface area (Å²) in [5, 5.41) is 0. The zero-order valence-corrected chi connectivity index (χ0v) is 15.9. The van der Waals surface area contributed by atoms with Crippen molar-refractivity contribution in [1.29, 1.82) is 0 Å². The van der Waals surface area contributed by atoms with E-state index < -0.39 is 0 Å². The van der Waals surface area contributed by atoms with Crippen molar-refractivity contribution < 1.29 is 9.53 Å². The van der Waals surface area contributed by atoms with E-state index in [0.29, 0.717) is 12.3 Å². The van der Waals surface area contributed by atoms with Crippen LogP contribution in [0, 0.1) is 0 Å². The SMILES string of the molecule is COc1cccc(-c2ncn(CCN3CCCC3=O)c2C2CC=CCC2)c1. The second-order valence-electron chi connectivity index (χ2n) is 7.37. The highest BCUT2D eigenvalue weighted by Gasteiger charge is 2.24. The summed E-state index contributed by atoms with van der Waals surface area (Å²) in [6.07, 6.45) is 11.5. The lowest BCUT2D eigenvalue weighted by Crippen LogP contribution is -2.29. The van der Waals surface area contributed by atoms with Crippen molar-refractivity contribution >= 4 is 5.91 Å². The summed E-state index contributed by atoms with van der Waals surface area (Å²) in [5.41, 5.74) is 3.43. The van der Waals surface area contributed by atoms with Gasteiger partial charge in [0.1, 0.15) is 5.75 Å².